The van der Waals surface area contributed by atoms with Gasteiger partial charge in [-0.3, -0.25) is 9.99 Å². The molecule has 1 atom stereocenters. The van der Waals surface area contributed by atoms with Crippen molar-refractivity contribution in [2.45, 2.75) is 50.8 Å². The summed E-state index contributed by atoms with van der Waals surface area (Å²) in [5.74, 6) is 0. The first kappa shape index (κ1) is 29.2. The molecule has 2 aromatic carbocycles. The molecule has 0 bridgehead atoms. The van der Waals surface area contributed by atoms with Crippen LogP contribution in [0.2, 0.25) is 10.0 Å². The van der Waals surface area contributed by atoms with Gasteiger partial charge in [-0.2, -0.15) is 18.4 Å². The van der Waals surface area contributed by atoms with Crippen molar-refractivity contribution in [3.8, 4) is 6.07 Å². The van der Waals surface area contributed by atoms with Gasteiger partial charge >= 0.3 is 6.18 Å². The lowest BCUT2D eigenvalue weighted by Crippen LogP contribution is -2.53. The molecule has 4 N–H and O–H groups in total. The van der Waals surface area contributed by atoms with Crippen molar-refractivity contribution in [2.75, 3.05) is 17.2 Å². The van der Waals surface area contributed by atoms with E-state index in [1.165, 1.54) is 12.4 Å². The first-order valence-corrected chi connectivity index (χ1v) is 13.8. The number of hydrogen-bond acceptors (Lipinski definition) is 7. The van der Waals surface area contributed by atoms with Crippen LogP contribution < -0.4 is 21.6 Å². The number of hydrazine groups is 2. The number of hydrogen-bond donors (Lipinski definition) is 4. The van der Waals surface area contributed by atoms with E-state index in [2.05, 4.69) is 53.4 Å². The van der Waals surface area contributed by atoms with Gasteiger partial charge in [0.05, 0.1) is 32.9 Å². The fourth-order valence-electron chi connectivity index (χ4n) is 4.97. The highest BCUT2D eigenvalue weighted by Crippen LogP contribution is 2.54. The van der Waals surface area contributed by atoms with Crippen molar-refractivity contribution in [1.29, 1.82) is 5.26 Å². The minimum absolute atomic E-state index is 0.00987. The summed E-state index contributed by atoms with van der Waals surface area (Å²) >= 11 is 13.4. The maximum atomic E-state index is 13.9. The molecule has 2 aliphatic rings. The predicted molar refractivity (Wildman–Crippen MR) is 159 cm³/mol. The molecule has 1 saturated carbocycles. The van der Waals surface area contributed by atoms with Crippen LogP contribution in [0.25, 0.3) is 10.9 Å². The summed E-state index contributed by atoms with van der Waals surface area (Å²) in [6.07, 6.45) is -1.50. The van der Waals surface area contributed by atoms with Gasteiger partial charge in [-0.1, -0.05) is 62.2 Å². The quantitative estimate of drug-likeness (QED) is 0.246. The summed E-state index contributed by atoms with van der Waals surface area (Å²) in [6.45, 7) is 6.82. The number of rotatable bonds is 7. The molecule has 41 heavy (non-hydrogen) atoms. The summed E-state index contributed by atoms with van der Waals surface area (Å²) in [7, 11) is 1.83. The number of alkyl halides is 3. The largest absolute Gasteiger partial charge is 0.413 e. The Morgan fingerprint density at radius 1 is 1.15 bits per heavy atom. The van der Waals surface area contributed by atoms with Crippen LogP contribution in [-0.4, -0.2) is 36.1 Å². The highest BCUT2D eigenvalue weighted by Gasteiger charge is 2.67. The minimum Gasteiger partial charge on any atom is -0.383 e. The van der Waals surface area contributed by atoms with Gasteiger partial charge in [-0.15, -0.1) is 5.53 Å². The van der Waals surface area contributed by atoms with Gasteiger partial charge in [0.2, 0.25) is 0 Å². The monoisotopic (exact) mass is 601 g/mol. The molecule has 1 aliphatic heterocycles. The number of nitrogens with one attached hydrogen (secondary N) is 4. The van der Waals surface area contributed by atoms with Crippen molar-refractivity contribution >= 4 is 53.3 Å². The summed E-state index contributed by atoms with van der Waals surface area (Å²) in [4.78, 5) is 4.42. The Labute approximate surface area is 247 Å². The zero-order chi connectivity index (χ0) is 29.8. The highest BCUT2D eigenvalue weighted by atomic mass is 35.5. The third kappa shape index (κ3) is 5.36. The van der Waals surface area contributed by atoms with Crippen LogP contribution in [0.1, 0.15) is 44.7 Å². The van der Waals surface area contributed by atoms with E-state index in [9.17, 15) is 18.4 Å². The predicted octanol–water partition coefficient (Wildman–Crippen LogP) is 6.03. The van der Waals surface area contributed by atoms with E-state index in [4.69, 9.17) is 23.2 Å². The second-order valence-corrected chi connectivity index (χ2v) is 12.7. The normalized spacial score (nSPS) is 17.8. The van der Waals surface area contributed by atoms with Gasteiger partial charge in [-0.25, -0.2) is 0 Å². The summed E-state index contributed by atoms with van der Waals surface area (Å²) < 4.78 is 41.7. The number of nitriles is 1. The van der Waals surface area contributed by atoms with Crippen LogP contribution in [0, 0.1) is 16.7 Å². The number of anilines is 2. The third-order valence-corrected chi connectivity index (χ3v) is 8.09. The molecule has 7 nitrogen and oxygen atoms in total. The Kier molecular flexibility index (Phi) is 7.25. The van der Waals surface area contributed by atoms with E-state index >= 15 is 0 Å². The fourth-order valence-corrected chi connectivity index (χ4v) is 5.57. The number of aromatic nitrogens is 1. The van der Waals surface area contributed by atoms with E-state index in [0.717, 1.165) is 5.01 Å². The summed E-state index contributed by atoms with van der Waals surface area (Å²) in [6, 6.07) is 12.8. The second kappa shape index (κ2) is 10.2. The van der Waals surface area contributed by atoms with Gasteiger partial charge < -0.3 is 16.1 Å². The molecule has 2 heterocycles. The minimum atomic E-state index is -4.41. The van der Waals surface area contributed by atoms with Crippen LogP contribution in [0.4, 0.5) is 24.5 Å². The SMILES string of the molecule is BC(Nc1cc(Cl)c2ncc(C#N)c(NCC(C)(C)C)c2c1)(C1=CN(C2(C(F)(F)F)CC2)NN1)c1ccccc1Cl. The average molecular weight is 602 g/mol. The van der Waals surface area contributed by atoms with Crippen molar-refractivity contribution in [2.24, 2.45) is 5.41 Å². The molecule has 0 amide bonds. The number of benzene rings is 2. The van der Waals surface area contributed by atoms with Gasteiger partial charge in [0, 0.05) is 35.0 Å². The van der Waals surface area contributed by atoms with Crippen LogP contribution in [0.3, 0.4) is 0 Å². The standard InChI is InChI=1S/C28H29BCl2F3N7/c1-25(2,3)15-37-23-16(12-35)13-36-24-18(23)10-17(11-21(24)31)38-27(29,19-6-4-5-7-20(19)30)22-14-41(40-39-22)26(8-9-26)28(32,33)34/h4-7,10-11,13-14,38-40H,8-9,15,29H2,1-3H3,(H,36,37). The molecule has 0 radical (unpaired) electrons. The maximum Gasteiger partial charge on any atom is 0.413 e. The molecule has 1 fully saturated rings. The molecular weight excluding hydrogens is 573 g/mol. The van der Waals surface area contributed by atoms with Gasteiger partial charge in [-0.05, 0) is 42.0 Å². The van der Waals surface area contributed by atoms with E-state index < -0.39 is 17.2 Å². The number of pyridine rings is 1. The third-order valence-electron chi connectivity index (χ3n) is 7.47. The zero-order valence-electron chi connectivity index (χ0n) is 23.0. The molecule has 0 saturated heterocycles. The lowest BCUT2D eigenvalue weighted by Gasteiger charge is -2.34. The van der Waals surface area contributed by atoms with Crippen molar-refractivity contribution in [3.05, 3.63) is 75.7 Å². The summed E-state index contributed by atoms with van der Waals surface area (Å²) in [5.41, 5.74) is 5.57. The molecular formula is C28H29BCl2F3N7. The van der Waals surface area contributed by atoms with Gasteiger partial charge in [0.1, 0.15) is 13.9 Å². The smallest absolute Gasteiger partial charge is 0.383 e. The van der Waals surface area contributed by atoms with E-state index in [-0.39, 0.29) is 18.3 Å². The average Bonchev–Trinajstić information content (AvgIpc) is 3.57. The lowest BCUT2D eigenvalue weighted by molar-refractivity contribution is -0.195. The van der Waals surface area contributed by atoms with E-state index in [0.29, 0.717) is 55.7 Å². The Balaban J connectivity index is 1.62. The maximum absolute atomic E-state index is 13.9. The lowest BCUT2D eigenvalue weighted by atomic mass is 9.69. The van der Waals surface area contributed by atoms with Crippen molar-refractivity contribution in [1.82, 2.24) is 21.0 Å². The molecule has 214 valence electrons. The Bertz CT molecular complexity index is 1580. The van der Waals surface area contributed by atoms with Crippen LogP contribution in [0.15, 0.2) is 54.5 Å². The van der Waals surface area contributed by atoms with Crippen LogP contribution in [-0.2, 0) is 5.44 Å². The molecule has 1 unspecified atom stereocenters. The Morgan fingerprint density at radius 2 is 1.85 bits per heavy atom. The molecule has 0 spiro atoms. The number of fused-ring (bicyclic) bond motifs is 1. The van der Waals surface area contributed by atoms with Crippen LogP contribution in [0.5, 0.6) is 0 Å². The van der Waals surface area contributed by atoms with Crippen molar-refractivity contribution < 1.29 is 13.2 Å². The Morgan fingerprint density at radius 3 is 2.46 bits per heavy atom. The first-order valence-electron chi connectivity index (χ1n) is 13.1. The Hall–Kier alpha value is -3.33. The van der Waals surface area contributed by atoms with Crippen molar-refractivity contribution in [3.63, 3.8) is 0 Å². The van der Waals surface area contributed by atoms with Gasteiger partial charge in [0.15, 0.2) is 5.54 Å². The molecule has 1 aromatic heterocycles. The van der Waals surface area contributed by atoms with E-state index in [1.807, 2.05) is 26.0 Å². The van der Waals surface area contributed by atoms with E-state index in [1.54, 1.807) is 18.2 Å². The highest BCUT2D eigenvalue weighted by molar-refractivity contribution is 6.36. The molecule has 13 heteroatoms. The molecule has 3 aromatic rings. The second-order valence-electron chi connectivity index (χ2n) is 11.8. The number of nitrogens with zero attached hydrogens (tertiary/aromatic N) is 3. The van der Waals surface area contributed by atoms with Crippen LogP contribution >= 0.6 is 23.2 Å². The topological polar surface area (TPSA) is 88.0 Å². The first-order chi connectivity index (χ1) is 19.2. The molecule has 5 rings (SSSR count). The van der Waals surface area contributed by atoms with Gasteiger partial charge in [0.25, 0.3) is 0 Å². The zero-order valence-corrected chi connectivity index (χ0v) is 24.5. The summed E-state index contributed by atoms with van der Waals surface area (Å²) in [5, 5.41) is 19.2. The fraction of sp³-hybridized carbons (Fsp3) is 0.357. The number of halogens is 5. The molecule has 1 aliphatic carbocycles.